The second-order valence-corrected chi connectivity index (χ2v) is 16.3. The van der Waals surface area contributed by atoms with Crippen LogP contribution in [0.15, 0.2) is 42.5 Å². The third-order valence-corrected chi connectivity index (χ3v) is 12.6. The molecular formula is C31H45NO5Si. The summed E-state index contributed by atoms with van der Waals surface area (Å²) in [6, 6.07) is 12.9. The van der Waals surface area contributed by atoms with E-state index in [0.29, 0.717) is 6.04 Å². The Hall–Kier alpha value is -2.61. The zero-order chi connectivity index (χ0) is 27.9. The summed E-state index contributed by atoms with van der Waals surface area (Å²) < 4.78 is 22.3. The standard InChI is InChI=1S/C31H45NO5Si/c1-31(2,3)38(7,8)37-18-17-32(16-15-24-20-26(34-4)22-27(21-24)35-5)29-13-11-25-19-23(9-12-28(25)29)10-14-30(33)36-6/h9-10,12,14,19-22,29H,11,13,15-18H2,1-8H3/b14-10+. The predicted octanol–water partition coefficient (Wildman–Crippen LogP) is 6.44. The Morgan fingerprint density at radius 2 is 1.71 bits per heavy atom. The van der Waals surface area contributed by atoms with Crippen LogP contribution in [0.4, 0.5) is 0 Å². The normalized spacial score (nSPS) is 15.7. The van der Waals surface area contributed by atoms with Crippen LogP contribution in [0.5, 0.6) is 11.5 Å². The van der Waals surface area contributed by atoms with Crippen molar-refractivity contribution < 1.29 is 23.4 Å². The number of carbonyl (C=O) groups excluding carboxylic acids is 1. The van der Waals surface area contributed by atoms with Gasteiger partial charge in [-0.1, -0.05) is 39.0 Å². The Balaban J connectivity index is 1.80. The number of rotatable bonds is 12. The average molecular weight is 540 g/mol. The van der Waals surface area contributed by atoms with Crippen molar-refractivity contribution in [1.82, 2.24) is 4.90 Å². The number of benzene rings is 2. The number of methoxy groups -OCH3 is 3. The minimum Gasteiger partial charge on any atom is -0.497 e. The number of carbonyl (C=O) groups is 1. The molecule has 2 aromatic carbocycles. The smallest absolute Gasteiger partial charge is 0.330 e. The van der Waals surface area contributed by atoms with Crippen LogP contribution in [-0.4, -0.2) is 60.2 Å². The maximum Gasteiger partial charge on any atom is 0.330 e. The van der Waals surface area contributed by atoms with E-state index in [-0.39, 0.29) is 11.0 Å². The fraction of sp³-hybridized carbons (Fsp3) is 0.516. The zero-order valence-corrected chi connectivity index (χ0v) is 25.4. The van der Waals surface area contributed by atoms with Gasteiger partial charge in [-0.25, -0.2) is 4.79 Å². The molecule has 0 aliphatic heterocycles. The molecule has 208 valence electrons. The summed E-state index contributed by atoms with van der Waals surface area (Å²) in [6.07, 6.45) is 6.27. The molecule has 0 heterocycles. The lowest BCUT2D eigenvalue weighted by molar-refractivity contribution is -0.134. The highest BCUT2D eigenvalue weighted by atomic mass is 28.4. The monoisotopic (exact) mass is 539 g/mol. The highest BCUT2D eigenvalue weighted by Gasteiger charge is 2.37. The van der Waals surface area contributed by atoms with E-state index in [1.807, 2.05) is 12.1 Å². The molecule has 6 nitrogen and oxygen atoms in total. The lowest BCUT2D eigenvalue weighted by Crippen LogP contribution is -2.43. The third kappa shape index (κ3) is 7.71. The van der Waals surface area contributed by atoms with E-state index in [1.54, 1.807) is 14.2 Å². The van der Waals surface area contributed by atoms with Gasteiger partial charge in [-0.15, -0.1) is 0 Å². The number of hydrogen-bond donors (Lipinski definition) is 0. The highest BCUT2D eigenvalue weighted by molar-refractivity contribution is 6.74. The molecule has 0 radical (unpaired) electrons. The molecule has 1 aliphatic carbocycles. The van der Waals surface area contributed by atoms with Gasteiger partial charge < -0.3 is 18.6 Å². The summed E-state index contributed by atoms with van der Waals surface area (Å²) >= 11 is 0. The van der Waals surface area contributed by atoms with E-state index in [0.717, 1.165) is 56.0 Å². The predicted molar refractivity (Wildman–Crippen MR) is 157 cm³/mol. The maximum absolute atomic E-state index is 11.5. The van der Waals surface area contributed by atoms with Crippen LogP contribution in [0.25, 0.3) is 6.08 Å². The topological polar surface area (TPSA) is 57.2 Å². The van der Waals surface area contributed by atoms with Crippen LogP contribution < -0.4 is 9.47 Å². The van der Waals surface area contributed by atoms with E-state index in [4.69, 9.17) is 18.6 Å². The average Bonchev–Trinajstić information content (AvgIpc) is 3.31. The summed E-state index contributed by atoms with van der Waals surface area (Å²) in [5.74, 6) is 1.28. The van der Waals surface area contributed by atoms with Gasteiger partial charge >= 0.3 is 5.97 Å². The van der Waals surface area contributed by atoms with Crippen molar-refractivity contribution >= 4 is 20.4 Å². The van der Waals surface area contributed by atoms with Crippen LogP contribution in [0.2, 0.25) is 18.1 Å². The Labute approximate surface area is 230 Å². The van der Waals surface area contributed by atoms with Crippen molar-refractivity contribution in [2.45, 2.75) is 64.2 Å². The molecule has 0 saturated heterocycles. The van der Waals surface area contributed by atoms with Crippen LogP contribution in [0.1, 0.15) is 55.5 Å². The fourth-order valence-corrected chi connectivity index (χ4v) is 5.71. The molecule has 1 atom stereocenters. The largest absolute Gasteiger partial charge is 0.497 e. The molecular weight excluding hydrogens is 494 g/mol. The lowest BCUT2D eigenvalue weighted by Gasteiger charge is -2.37. The SMILES string of the molecule is COC(=O)/C=C/c1ccc2c(c1)CCC2N(CCO[Si](C)(C)C(C)(C)C)CCc1cc(OC)cc(OC)c1. The van der Waals surface area contributed by atoms with Crippen molar-refractivity contribution in [1.29, 1.82) is 0 Å². The third-order valence-electron chi connectivity index (χ3n) is 8.01. The molecule has 1 unspecified atom stereocenters. The summed E-state index contributed by atoms with van der Waals surface area (Å²) in [5.41, 5.74) is 4.93. The summed E-state index contributed by atoms with van der Waals surface area (Å²) in [6.45, 7) is 14.0. The summed E-state index contributed by atoms with van der Waals surface area (Å²) in [7, 11) is 2.94. The molecule has 0 spiro atoms. The zero-order valence-electron chi connectivity index (χ0n) is 24.4. The van der Waals surface area contributed by atoms with Gasteiger partial charge in [-0.2, -0.15) is 0 Å². The summed E-state index contributed by atoms with van der Waals surface area (Å²) in [4.78, 5) is 14.1. The quantitative estimate of drug-likeness (QED) is 0.176. The minimum absolute atomic E-state index is 0.184. The molecule has 2 aromatic rings. The highest BCUT2D eigenvalue weighted by Crippen LogP contribution is 2.38. The van der Waals surface area contributed by atoms with Crippen LogP contribution >= 0.6 is 0 Å². The molecule has 1 aliphatic rings. The maximum atomic E-state index is 11.5. The van der Waals surface area contributed by atoms with Crippen LogP contribution in [-0.2, 0) is 26.8 Å². The number of nitrogens with zero attached hydrogens (tertiary/aromatic N) is 1. The molecule has 0 saturated carbocycles. The van der Waals surface area contributed by atoms with Gasteiger partial charge in [-0.3, -0.25) is 4.90 Å². The number of hydrogen-bond acceptors (Lipinski definition) is 6. The van der Waals surface area contributed by atoms with Crippen molar-refractivity contribution in [3.05, 3.63) is 64.7 Å². The molecule has 38 heavy (non-hydrogen) atoms. The Kier molecular flexibility index (Phi) is 10.2. The van der Waals surface area contributed by atoms with Crippen molar-refractivity contribution in [3.63, 3.8) is 0 Å². The van der Waals surface area contributed by atoms with E-state index < -0.39 is 8.32 Å². The molecule has 7 heteroatoms. The van der Waals surface area contributed by atoms with E-state index >= 15 is 0 Å². The van der Waals surface area contributed by atoms with Crippen molar-refractivity contribution in [3.8, 4) is 11.5 Å². The summed E-state index contributed by atoms with van der Waals surface area (Å²) in [5, 5.41) is 0.184. The molecule has 0 fully saturated rings. The number of aryl methyl sites for hydroxylation is 1. The first-order chi connectivity index (χ1) is 18.0. The van der Waals surface area contributed by atoms with Crippen LogP contribution in [0, 0.1) is 0 Å². The Morgan fingerprint density at radius 3 is 2.32 bits per heavy atom. The van der Waals surface area contributed by atoms with Gasteiger partial charge in [0.15, 0.2) is 8.32 Å². The molecule has 0 aromatic heterocycles. The number of esters is 1. The van der Waals surface area contributed by atoms with Crippen LogP contribution in [0.3, 0.4) is 0 Å². The molecule has 0 N–H and O–H groups in total. The van der Waals surface area contributed by atoms with E-state index in [2.05, 4.69) is 69.1 Å². The first-order valence-electron chi connectivity index (χ1n) is 13.5. The first kappa shape index (κ1) is 29.9. The second-order valence-electron chi connectivity index (χ2n) is 11.5. The van der Waals surface area contributed by atoms with Crippen molar-refractivity contribution in [2.24, 2.45) is 0 Å². The van der Waals surface area contributed by atoms with Gasteiger partial charge in [0.05, 0.1) is 21.3 Å². The first-order valence-corrected chi connectivity index (χ1v) is 16.4. The minimum atomic E-state index is -1.83. The Bertz CT molecular complexity index is 1100. The van der Waals surface area contributed by atoms with E-state index in [1.165, 1.54) is 29.9 Å². The van der Waals surface area contributed by atoms with Gasteiger partial charge in [0.25, 0.3) is 0 Å². The second kappa shape index (κ2) is 13.0. The lowest BCUT2D eigenvalue weighted by atomic mass is 10.0. The fourth-order valence-electron chi connectivity index (χ4n) is 4.67. The number of fused-ring (bicyclic) bond motifs is 1. The van der Waals surface area contributed by atoms with E-state index in [9.17, 15) is 4.79 Å². The Morgan fingerprint density at radius 1 is 1.03 bits per heavy atom. The molecule has 0 bridgehead atoms. The van der Waals surface area contributed by atoms with Gasteiger partial charge in [0, 0.05) is 37.9 Å². The van der Waals surface area contributed by atoms with Gasteiger partial charge in [0.1, 0.15) is 11.5 Å². The van der Waals surface area contributed by atoms with Gasteiger partial charge in [-0.05, 0) is 77.9 Å². The van der Waals surface area contributed by atoms with Gasteiger partial charge in [0.2, 0.25) is 0 Å². The molecule has 0 amide bonds. The molecule has 3 rings (SSSR count). The number of ether oxygens (including phenoxy) is 3. The van der Waals surface area contributed by atoms with Crippen molar-refractivity contribution in [2.75, 3.05) is 41.0 Å².